The van der Waals surface area contributed by atoms with Crippen LogP contribution in [0.5, 0.6) is 0 Å². The fourth-order valence-corrected chi connectivity index (χ4v) is 8.00. The zero-order valence-electron chi connectivity index (χ0n) is 21.6. The third kappa shape index (κ3) is 6.79. The lowest BCUT2D eigenvalue weighted by molar-refractivity contribution is -0.646. The first-order valence-corrected chi connectivity index (χ1v) is 15.6. The van der Waals surface area contributed by atoms with Crippen molar-refractivity contribution >= 4 is 38.8 Å². The molecule has 2 N–H and O–H groups in total. The monoisotopic (exact) mass is 561 g/mol. The first-order valence-electron chi connectivity index (χ1n) is 13.3. The van der Waals surface area contributed by atoms with Crippen LogP contribution in [0.3, 0.4) is 0 Å². The highest BCUT2D eigenvalue weighted by atomic mass is 32.2. The van der Waals surface area contributed by atoms with Crippen molar-refractivity contribution in [2.75, 3.05) is 0 Å². The summed E-state index contributed by atoms with van der Waals surface area (Å²) in [4.78, 5) is 41.0. The first kappa shape index (κ1) is 28.2. The number of ketones is 1. The van der Waals surface area contributed by atoms with Crippen LogP contribution in [0.25, 0.3) is 0 Å². The summed E-state index contributed by atoms with van der Waals surface area (Å²) in [6.07, 6.45) is 7.62. The van der Waals surface area contributed by atoms with Crippen molar-refractivity contribution in [3.05, 3.63) is 51.5 Å². The topological polar surface area (TPSA) is 136 Å². The van der Waals surface area contributed by atoms with Crippen molar-refractivity contribution in [2.45, 2.75) is 93.5 Å². The van der Waals surface area contributed by atoms with Crippen LogP contribution in [0.4, 0.5) is 0 Å². The van der Waals surface area contributed by atoms with Crippen LogP contribution in [-0.4, -0.2) is 43.3 Å². The fourth-order valence-electron chi connectivity index (χ4n) is 5.45. The minimum Gasteiger partial charge on any atom is -0.618 e. The second kappa shape index (κ2) is 12.4. The second-order valence-corrected chi connectivity index (χ2v) is 13.8. The first-order chi connectivity index (χ1) is 18.1. The number of carbonyl (C=O) groups excluding carboxylic acids is 3. The van der Waals surface area contributed by atoms with Crippen LogP contribution >= 0.6 is 11.3 Å². The van der Waals surface area contributed by atoms with Gasteiger partial charge >= 0.3 is 5.03 Å². The largest absolute Gasteiger partial charge is 0.618 e. The van der Waals surface area contributed by atoms with Gasteiger partial charge in [-0.15, -0.1) is 11.3 Å². The van der Waals surface area contributed by atoms with E-state index in [0.29, 0.717) is 34.8 Å². The molecule has 38 heavy (non-hydrogen) atoms. The number of pyridine rings is 1. The van der Waals surface area contributed by atoms with E-state index in [-0.39, 0.29) is 29.6 Å². The number of rotatable bonds is 8. The van der Waals surface area contributed by atoms with Crippen molar-refractivity contribution in [1.29, 1.82) is 0 Å². The molecule has 206 valence electrons. The second-order valence-electron chi connectivity index (χ2n) is 10.4. The molecule has 0 aromatic carbocycles. The van der Waals surface area contributed by atoms with E-state index < -0.39 is 33.1 Å². The SMILES string of the molecule is Cc1ccc(C(=O)N[C@@H](CC2CCCCC2)C(=O)NC2CCCC(S(=O)(=O)c3cccc[n+]3[O-])CC2=O)s1. The summed E-state index contributed by atoms with van der Waals surface area (Å²) in [5.41, 5.74) is 0. The number of nitrogens with one attached hydrogen (secondary N) is 2. The lowest BCUT2D eigenvalue weighted by Crippen LogP contribution is -2.52. The van der Waals surface area contributed by atoms with Gasteiger partial charge in [-0.2, -0.15) is 4.73 Å². The Balaban J connectivity index is 1.45. The van der Waals surface area contributed by atoms with E-state index >= 15 is 0 Å². The van der Waals surface area contributed by atoms with Crippen LogP contribution in [0.2, 0.25) is 0 Å². The van der Waals surface area contributed by atoms with Gasteiger partial charge in [0.1, 0.15) is 6.04 Å². The molecule has 9 nitrogen and oxygen atoms in total. The number of amides is 2. The summed E-state index contributed by atoms with van der Waals surface area (Å²) < 4.78 is 26.5. The van der Waals surface area contributed by atoms with Crippen molar-refractivity contribution in [2.24, 2.45) is 5.92 Å². The van der Waals surface area contributed by atoms with Gasteiger partial charge < -0.3 is 15.8 Å². The number of aryl methyl sites for hydroxylation is 1. The van der Waals surface area contributed by atoms with Crippen LogP contribution in [-0.2, 0) is 19.4 Å². The fraction of sp³-hybridized carbons (Fsp3) is 0.556. The molecule has 0 radical (unpaired) electrons. The van der Waals surface area contributed by atoms with Crippen LogP contribution in [0.1, 0.15) is 78.8 Å². The van der Waals surface area contributed by atoms with E-state index in [4.69, 9.17) is 0 Å². The van der Waals surface area contributed by atoms with Crippen molar-refractivity contribution < 1.29 is 27.5 Å². The third-order valence-electron chi connectivity index (χ3n) is 7.55. The van der Waals surface area contributed by atoms with E-state index in [0.717, 1.165) is 36.8 Å². The Hall–Kier alpha value is -2.79. The van der Waals surface area contributed by atoms with Crippen LogP contribution in [0.15, 0.2) is 41.6 Å². The molecule has 2 heterocycles. The van der Waals surface area contributed by atoms with Crippen molar-refractivity contribution in [3.8, 4) is 0 Å². The highest BCUT2D eigenvalue weighted by molar-refractivity contribution is 7.91. The normalized spacial score (nSPS) is 21.9. The molecule has 0 bridgehead atoms. The standard InChI is InChI=1S/C27H35N3O6S2/c1-18-13-14-24(37-18)27(33)29-22(16-19-8-3-2-4-9-19)26(32)28-21-11-7-10-20(17-23(21)31)38(35,36)25-12-5-6-15-30(25)34/h5-6,12-15,19-22H,2-4,7-11,16-17H2,1H3,(H,28,32)(H,29,33)/t20?,21?,22-/m0/s1. The van der Waals surface area contributed by atoms with E-state index in [1.807, 2.05) is 13.0 Å². The molecule has 0 saturated heterocycles. The van der Waals surface area contributed by atoms with Crippen LogP contribution in [0, 0.1) is 18.0 Å². The molecule has 2 aromatic rings. The molecule has 2 amide bonds. The third-order valence-corrected chi connectivity index (χ3v) is 10.7. The van der Waals surface area contributed by atoms with Gasteiger partial charge in [0.05, 0.1) is 16.2 Å². The number of Topliss-reactive ketones (excluding diaryl/α,β-unsaturated/α-hetero) is 1. The predicted octanol–water partition coefficient (Wildman–Crippen LogP) is 3.23. The molecule has 3 atom stereocenters. The summed E-state index contributed by atoms with van der Waals surface area (Å²) in [5, 5.41) is 16.4. The Morgan fingerprint density at radius 2 is 1.84 bits per heavy atom. The van der Waals surface area contributed by atoms with Gasteiger partial charge in [0, 0.05) is 23.4 Å². The maximum absolute atomic E-state index is 13.4. The molecule has 4 rings (SSSR count). The number of sulfone groups is 1. The smallest absolute Gasteiger partial charge is 0.308 e. The predicted molar refractivity (Wildman–Crippen MR) is 143 cm³/mol. The Morgan fingerprint density at radius 1 is 1.08 bits per heavy atom. The minimum atomic E-state index is -4.02. The van der Waals surface area contributed by atoms with Gasteiger partial charge in [-0.3, -0.25) is 14.4 Å². The van der Waals surface area contributed by atoms with Gasteiger partial charge in [-0.05, 0) is 56.7 Å². The highest BCUT2D eigenvalue weighted by Crippen LogP contribution is 2.29. The van der Waals surface area contributed by atoms with E-state index in [9.17, 15) is 28.0 Å². The number of nitrogens with zero attached hydrogens (tertiary/aromatic N) is 1. The summed E-state index contributed by atoms with van der Waals surface area (Å²) in [6, 6.07) is 6.12. The molecule has 2 aliphatic carbocycles. The number of hydrogen-bond acceptors (Lipinski definition) is 7. The molecular formula is C27H35N3O6S2. The zero-order valence-corrected chi connectivity index (χ0v) is 23.2. The summed E-state index contributed by atoms with van der Waals surface area (Å²) >= 11 is 1.36. The Kier molecular flexibility index (Phi) is 9.19. The molecule has 2 aliphatic rings. The lowest BCUT2D eigenvalue weighted by atomic mass is 9.84. The van der Waals surface area contributed by atoms with Gasteiger partial charge in [0.2, 0.25) is 15.7 Å². The van der Waals surface area contributed by atoms with Crippen molar-refractivity contribution in [1.82, 2.24) is 10.6 Å². The molecule has 2 unspecified atom stereocenters. The number of hydrogen-bond donors (Lipinski definition) is 2. The number of thiophene rings is 1. The van der Waals surface area contributed by atoms with E-state index in [1.54, 1.807) is 6.07 Å². The van der Waals surface area contributed by atoms with Crippen LogP contribution < -0.4 is 15.4 Å². The number of carbonyl (C=O) groups is 3. The molecule has 11 heteroatoms. The maximum Gasteiger partial charge on any atom is 0.308 e. The van der Waals surface area contributed by atoms with Gasteiger partial charge in [-0.1, -0.05) is 32.1 Å². The zero-order chi connectivity index (χ0) is 27.3. The Labute approximate surface area is 227 Å². The van der Waals surface area contributed by atoms with E-state index in [2.05, 4.69) is 10.6 Å². The molecule has 2 aromatic heterocycles. The van der Waals surface area contributed by atoms with E-state index in [1.165, 1.54) is 36.0 Å². The van der Waals surface area contributed by atoms with Gasteiger partial charge in [0.25, 0.3) is 5.91 Å². The van der Waals surface area contributed by atoms with Crippen molar-refractivity contribution in [3.63, 3.8) is 0 Å². The average molecular weight is 562 g/mol. The Morgan fingerprint density at radius 3 is 2.53 bits per heavy atom. The quantitative estimate of drug-likeness (QED) is 0.289. The molecule has 2 saturated carbocycles. The van der Waals surface area contributed by atoms with Gasteiger partial charge in [0.15, 0.2) is 12.0 Å². The molecule has 0 spiro atoms. The Bertz CT molecular complexity index is 1270. The average Bonchev–Trinajstić information content (AvgIpc) is 3.25. The lowest BCUT2D eigenvalue weighted by Gasteiger charge is -2.27. The highest BCUT2D eigenvalue weighted by Gasteiger charge is 2.39. The van der Waals surface area contributed by atoms with Gasteiger partial charge in [-0.25, -0.2) is 8.42 Å². The maximum atomic E-state index is 13.4. The minimum absolute atomic E-state index is 0.218. The molecular weight excluding hydrogens is 526 g/mol. The summed E-state index contributed by atoms with van der Waals surface area (Å²) in [6.45, 7) is 1.91. The summed E-state index contributed by atoms with van der Waals surface area (Å²) in [7, 11) is -4.02. The molecule has 0 aliphatic heterocycles. The summed E-state index contributed by atoms with van der Waals surface area (Å²) in [5.74, 6) is -0.799. The number of aromatic nitrogens is 1. The molecule has 2 fully saturated rings.